The van der Waals surface area contributed by atoms with E-state index >= 15 is 0 Å². The van der Waals surface area contributed by atoms with Crippen LogP contribution >= 0.6 is 0 Å². The number of amides is 2. The molecular weight excluding hydrogens is 342 g/mol. The SMILES string of the molecule is O=C(CN1C(=O)C2(CCNCC2)c2c(F)cccc21)NCC(F)(F)F. The maximum atomic E-state index is 14.5. The Balaban J connectivity index is 1.88. The Hall–Kier alpha value is -2.16. The van der Waals surface area contributed by atoms with E-state index in [9.17, 15) is 27.2 Å². The van der Waals surface area contributed by atoms with E-state index in [0.717, 1.165) is 4.90 Å². The van der Waals surface area contributed by atoms with E-state index in [2.05, 4.69) is 5.32 Å². The lowest BCUT2D eigenvalue weighted by atomic mass is 9.74. The summed E-state index contributed by atoms with van der Waals surface area (Å²) in [6.45, 7) is -0.999. The largest absolute Gasteiger partial charge is 0.405 e. The van der Waals surface area contributed by atoms with Gasteiger partial charge in [0.25, 0.3) is 0 Å². The molecule has 1 spiro atoms. The average Bonchev–Trinajstić information content (AvgIpc) is 2.77. The van der Waals surface area contributed by atoms with Crippen molar-refractivity contribution in [1.29, 1.82) is 0 Å². The van der Waals surface area contributed by atoms with Crippen molar-refractivity contribution < 1.29 is 27.2 Å². The van der Waals surface area contributed by atoms with Gasteiger partial charge < -0.3 is 15.5 Å². The molecule has 2 N–H and O–H groups in total. The van der Waals surface area contributed by atoms with Gasteiger partial charge in [-0.05, 0) is 38.1 Å². The number of halogens is 4. The third kappa shape index (κ3) is 3.20. The fraction of sp³-hybridized carbons (Fsp3) is 0.500. The van der Waals surface area contributed by atoms with E-state index in [-0.39, 0.29) is 11.3 Å². The molecule has 1 aromatic carbocycles. The highest BCUT2D eigenvalue weighted by atomic mass is 19.4. The van der Waals surface area contributed by atoms with Crippen molar-refractivity contribution in [2.75, 3.05) is 31.1 Å². The molecule has 2 aliphatic heterocycles. The predicted octanol–water partition coefficient (Wildman–Crippen LogP) is 1.47. The lowest BCUT2D eigenvalue weighted by molar-refractivity contribution is -0.138. The second-order valence-electron chi connectivity index (χ2n) is 6.25. The van der Waals surface area contributed by atoms with Crippen LogP contribution in [0.5, 0.6) is 0 Å². The first-order valence-electron chi connectivity index (χ1n) is 7.90. The van der Waals surface area contributed by atoms with Crippen molar-refractivity contribution in [3.8, 4) is 0 Å². The highest BCUT2D eigenvalue weighted by Gasteiger charge is 2.53. The van der Waals surface area contributed by atoms with Crippen molar-refractivity contribution >= 4 is 17.5 Å². The van der Waals surface area contributed by atoms with Gasteiger partial charge in [-0.3, -0.25) is 9.59 Å². The molecule has 5 nitrogen and oxygen atoms in total. The Kier molecular flexibility index (Phi) is 4.44. The molecule has 0 bridgehead atoms. The zero-order valence-corrected chi connectivity index (χ0v) is 13.3. The second-order valence-corrected chi connectivity index (χ2v) is 6.25. The van der Waals surface area contributed by atoms with E-state index < -0.39 is 42.3 Å². The van der Waals surface area contributed by atoms with Crippen LogP contribution in [0, 0.1) is 5.82 Å². The maximum Gasteiger partial charge on any atom is 0.405 e. The van der Waals surface area contributed by atoms with Gasteiger partial charge in [-0.15, -0.1) is 0 Å². The summed E-state index contributed by atoms with van der Waals surface area (Å²) >= 11 is 0. The molecule has 9 heteroatoms. The highest BCUT2D eigenvalue weighted by Crippen LogP contribution is 2.48. The first-order chi connectivity index (χ1) is 11.7. The number of anilines is 1. The minimum atomic E-state index is -4.54. The minimum Gasteiger partial charge on any atom is -0.345 e. The zero-order chi connectivity index (χ0) is 18.2. The molecule has 0 aromatic heterocycles. The standard InChI is InChI=1S/C16H17F4N3O2/c17-10-2-1-3-11-13(10)15(4-6-21-7-5-15)14(25)23(11)8-12(24)22-9-16(18,19)20/h1-3,21H,4-9H2,(H,22,24). The Labute approximate surface area is 141 Å². The number of rotatable bonds is 3. The van der Waals surface area contributed by atoms with E-state index in [0.29, 0.717) is 25.9 Å². The third-order valence-electron chi connectivity index (χ3n) is 4.66. The molecule has 1 saturated heterocycles. The van der Waals surface area contributed by atoms with E-state index in [1.165, 1.54) is 18.2 Å². The number of fused-ring (bicyclic) bond motifs is 2. The summed E-state index contributed by atoms with van der Waals surface area (Å²) in [7, 11) is 0. The molecule has 0 atom stereocenters. The summed E-state index contributed by atoms with van der Waals surface area (Å²) in [4.78, 5) is 25.9. The van der Waals surface area contributed by atoms with Crippen LogP contribution in [-0.2, 0) is 15.0 Å². The zero-order valence-electron chi connectivity index (χ0n) is 13.3. The van der Waals surface area contributed by atoms with E-state index in [4.69, 9.17) is 0 Å². The van der Waals surface area contributed by atoms with E-state index in [1.807, 2.05) is 0 Å². The van der Waals surface area contributed by atoms with Gasteiger partial charge in [-0.1, -0.05) is 6.07 Å². The van der Waals surface area contributed by atoms with Crippen LogP contribution in [0.15, 0.2) is 18.2 Å². The van der Waals surface area contributed by atoms with Crippen molar-refractivity contribution in [1.82, 2.24) is 10.6 Å². The highest BCUT2D eigenvalue weighted by molar-refractivity contribution is 6.10. The number of piperidine rings is 1. The Morgan fingerprint density at radius 1 is 1.28 bits per heavy atom. The van der Waals surface area contributed by atoms with Crippen LogP contribution in [0.4, 0.5) is 23.2 Å². The molecular formula is C16H17F4N3O2. The number of nitrogens with zero attached hydrogens (tertiary/aromatic N) is 1. The summed E-state index contributed by atoms with van der Waals surface area (Å²) in [6, 6.07) is 4.19. The number of carbonyl (C=O) groups excluding carboxylic acids is 2. The Morgan fingerprint density at radius 2 is 1.96 bits per heavy atom. The fourth-order valence-electron chi connectivity index (χ4n) is 3.56. The molecule has 0 aliphatic carbocycles. The minimum absolute atomic E-state index is 0.241. The smallest absolute Gasteiger partial charge is 0.345 e. The maximum absolute atomic E-state index is 14.5. The average molecular weight is 359 g/mol. The molecule has 2 heterocycles. The fourth-order valence-corrected chi connectivity index (χ4v) is 3.56. The van der Waals surface area contributed by atoms with Crippen LogP contribution in [0.2, 0.25) is 0 Å². The van der Waals surface area contributed by atoms with Crippen LogP contribution < -0.4 is 15.5 Å². The van der Waals surface area contributed by atoms with Gasteiger partial charge in [0.1, 0.15) is 18.9 Å². The quantitative estimate of drug-likeness (QED) is 0.804. The summed E-state index contributed by atoms with van der Waals surface area (Å²) in [5.41, 5.74) is -0.560. The van der Waals surface area contributed by atoms with Crippen LogP contribution in [-0.4, -0.2) is 44.2 Å². The molecule has 136 valence electrons. The summed E-state index contributed by atoms with van der Waals surface area (Å²) in [6.07, 6.45) is -3.79. The first kappa shape index (κ1) is 17.7. The third-order valence-corrected chi connectivity index (χ3v) is 4.66. The molecule has 2 aliphatic rings. The number of hydrogen-bond acceptors (Lipinski definition) is 3. The lowest BCUT2D eigenvalue weighted by Gasteiger charge is -2.33. The molecule has 1 aromatic rings. The van der Waals surface area contributed by atoms with Crippen molar-refractivity contribution in [2.24, 2.45) is 0 Å². The summed E-state index contributed by atoms with van der Waals surface area (Å²) < 4.78 is 51.2. The van der Waals surface area contributed by atoms with Gasteiger partial charge in [0.2, 0.25) is 11.8 Å². The molecule has 0 radical (unpaired) electrons. The predicted molar refractivity (Wildman–Crippen MR) is 81.6 cm³/mol. The topological polar surface area (TPSA) is 61.4 Å². The van der Waals surface area contributed by atoms with Gasteiger partial charge in [-0.25, -0.2) is 4.39 Å². The monoisotopic (exact) mass is 359 g/mol. The molecule has 1 fully saturated rings. The van der Waals surface area contributed by atoms with Crippen LogP contribution in [0.1, 0.15) is 18.4 Å². The lowest BCUT2D eigenvalue weighted by Crippen LogP contribution is -2.50. The van der Waals surface area contributed by atoms with Crippen molar-refractivity contribution in [3.05, 3.63) is 29.6 Å². The molecule has 0 unspecified atom stereocenters. The Bertz CT molecular complexity index is 699. The number of benzene rings is 1. The van der Waals surface area contributed by atoms with Gasteiger partial charge >= 0.3 is 6.18 Å². The summed E-state index contributed by atoms with van der Waals surface area (Å²) in [5, 5.41) is 4.84. The molecule has 3 rings (SSSR count). The Morgan fingerprint density at radius 3 is 2.60 bits per heavy atom. The van der Waals surface area contributed by atoms with Crippen molar-refractivity contribution in [2.45, 2.75) is 24.4 Å². The number of carbonyl (C=O) groups is 2. The second kappa shape index (κ2) is 6.29. The summed E-state index contributed by atoms with van der Waals surface area (Å²) in [5.74, 6) is -1.91. The molecule has 2 amide bonds. The number of alkyl halides is 3. The van der Waals surface area contributed by atoms with E-state index in [1.54, 1.807) is 5.32 Å². The van der Waals surface area contributed by atoms with Gasteiger partial charge in [0.15, 0.2) is 0 Å². The van der Waals surface area contributed by atoms with Gasteiger partial charge in [-0.2, -0.15) is 13.2 Å². The van der Waals surface area contributed by atoms with Crippen LogP contribution in [0.25, 0.3) is 0 Å². The van der Waals surface area contributed by atoms with Gasteiger partial charge in [0, 0.05) is 5.56 Å². The normalized spacial score (nSPS) is 19.2. The van der Waals surface area contributed by atoms with Gasteiger partial charge in [0.05, 0.1) is 11.1 Å². The first-order valence-corrected chi connectivity index (χ1v) is 7.90. The number of hydrogen-bond donors (Lipinski definition) is 2. The van der Waals surface area contributed by atoms with Crippen molar-refractivity contribution in [3.63, 3.8) is 0 Å². The molecule has 25 heavy (non-hydrogen) atoms. The van der Waals surface area contributed by atoms with Crippen LogP contribution in [0.3, 0.4) is 0 Å². The number of nitrogens with one attached hydrogen (secondary N) is 2. The molecule has 0 saturated carbocycles.